The molecule has 3 heterocycles. The smallest absolute Gasteiger partial charge is 0.287 e. The third-order valence-electron chi connectivity index (χ3n) is 6.48. The molecule has 35 heavy (non-hydrogen) atoms. The van der Waals surface area contributed by atoms with Gasteiger partial charge < -0.3 is 24.1 Å². The zero-order valence-corrected chi connectivity index (χ0v) is 20.8. The molecule has 7 nitrogen and oxygen atoms in total. The zero-order valence-electron chi connectivity index (χ0n) is 20.8. The second-order valence-electron chi connectivity index (χ2n) is 9.29. The Morgan fingerprint density at radius 1 is 1.06 bits per heavy atom. The van der Waals surface area contributed by atoms with E-state index in [2.05, 4.69) is 21.7 Å². The molecule has 0 atom stereocenters. The van der Waals surface area contributed by atoms with Crippen LogP contribution in [0.5, 0.6) is 0 Å². The molecule has 1 fully saturated rings. The normalized spacial score (nSPS) is 13.8. The second kappa shape index (κ2) is 11.9. The number of nitrogens with zero attached hydrogens (tertiary/aromatic N) is 3. The minimum atomic E-state index is -0.180. The van der Waals surface area contributed by atoms with Gasteiger partial charge in [-0.25, -0.2) is 0 Å². The van der Waals surface area contributed by atoms with Gasteiger partial charge in [-0.3, -0.25) is 9.59 Å². The van der Waals surface area contributed by atoms with Crippen LogP contribution in [0, 0.1) is 6.92 Å². The van der Waals surface area contributed by atoms with Crippen LogP contribution in [-0.2, 0) is 13.1 Å². The maximum absolute atomic E-state index is 13.1. The van der Waals surface area contributed by atoms with Crippen molar-refractivity contribution < 1.29 is 14.0 Å². The third-order valence-corrected chi connectivity index (χ3v) is 6.48. The lowest BCUT2D eigenvalue weighted by Crippen LogP contribution is -2.33. The van der Waals surface area contributed by atoms with Crippen molar-refractivity contribution in [3.05, 3.63) is 83.1 Å². The number of benzene rings is 1. The first kappa shape index (κ1) is 24.8. The summed E-state index contributed by atoms with van der Waals surface area (Å²) in [5.41, 5.74) is 2.86. The molecule has 1 aliphatic heterocycles. The van der Waals surface area contributed by atoms with E-state index in [0.717, 1.165) is 37.3 Å². The fraction of sp³-hybridized carbons (Fsp3) is 0.429. The number of aromatic nitrogens is 1. The first-order chi connectivity index (χ1) is 17.0. The molecule has 0 bridgehead atoms. The Kier molecular flexibility index (Phi) is 8.42. The van der Waals surface area contributed by atoms with E-state index >= 15 is 0 Å². The highest BCUT2D eigenvalue weighted by Gasteiger charge is 2.18. The zero-order chi connectivity index (χ0) is 24.6. The molecule has 186 valence electrons. The van der Waals surface area contributed by atoms with Crippen LogP contribution in [0.2, 0.25) is 0 Å². The molecule has 4 rings (SSSR count). The highest BCUT2D eigenvalue weighted by atomic mass is 16.4. The van der Waals surface area contributed by atoms with E-state index in [0.29, 0.717) is 43.3 Å². The van der Waals surface area contributed by atoms with Crippen molar-refractivity contribution in [2.75, 3.05) is 32.7 Å². The summed E-state index contributed by atoms with van der Waals surface area (Å²) in [6.45, 7) is 9.53. The summed E-state index contributed by atoms with van der Waals surface area (Å²) in [4.78, 5) is 29.9. The molecule has 0 aliphatic carbocycles. The fourth-order valence-corrected chi connectivity index (χ4v) is 4.52. The van der Waals surface area contributed by atoms with Gasteiger partial charge in [0.25, 0.3) is 11.8 Å². The number of likely N-dealkylation sites (tertiary alicyclic amines) is 1. The van der Waals surface area contributed by atoms with Gasteiger partial charge in [0.2, 0.25) is 0 Å². The van der Waals surface area contributed by atoms with Gasteiger partial charge in [0.05, 0.1) is 13.1 Å². The monoisotopic (exact) mass is 476 g/mol. The number of furan rings is 1. The summed E-state index contributed by atoms with van der Waals surface area (Å²) in [7, 11) is 0. The van der Waals surface area contributed by atoms with Crippen molar-refractivity contribution in [1.29, 1.82) is 0 Å². The molecule has 1 aliphatic rings. The largest absolute Gasteiger partial charge is 0.454 e. The lowest BCUT2D eigenvalue weighted by molar-refractivity contribution is 0.0739. The maximum Gasteiger partial charge on any atom is 0.287 e. The Morgan fingerprint density at radius 2 is 1.83 bits per heavy atom. The van der Waals surface area contributed by atoms with Crippen molar-refractivity contribution >= 4 is 11.8 Å². The van der Waals surface area contributed by atoms with Crippen LogP contribution in [-0.4, -0.2) is 58.9 Å². The number of hydrogen-bond donors (Lipinski definition) is 1. The molecular formula is C28H36N4O3. The lowest BCUT2D eigenvalue weighted by Gasteiger charge is -2.23. The van der Waals surface area contributed by atoms with Crippen molar-refractivity contribution in [1.82, 2.24) is 19.7 Å². The van der Waals surface area contributed by atoms with E-state index in [9.17, 15) is 9.59 Å². The van der Waals surface area contributed by atoms with Gasteiger partial charge in [0.15, 0.2) is 5.76 Å². The predicted octanol–water partition coefficient (Wildman–Crippen LogP) is 4.32. The van der Waals surface area contributed by atoms with Crippen molar-refractivity contribution in [3.8, 4) is 0 Å². The van der Waals surface area contributed by atoms with Crippen LogP contribution in [0.25, 0.3) is 0 Å². The van der Waals surface area contributed by atoms with Crippen LogP contribution in [0.3, 0.4) is 0 Å². The fourth-order valence-electron chi connectivity index (χ4n) is 4.52. The molecule has 0 spiro atoms. The van der Waals surface area contributed by atoms with Crippen molar-refractivity contribution in [2.24, 2.45) is 0 Å². The molecular weight excluding hydrogens is 440 g/mol. The summed E-state index contributed by atoms with van der Waals surface area (Å²) < 4.78 is 7.92. The number of carbonyl (C=O) groups excluding carboxylic acids is 2. The summed E-state index contributed by atoms with van der Waals surface area (Å²) in [5.74, 6) is 0.891. The summed E-state index contributed by atoms with van der Waals surface area (Å²) in [5, 5.41) is 2.96. The lowest BCUT2D eigenvalue weighted by atomic mass is 10.1. The van der Waals surface area contributed by atoms with Gasteiger partial charge in [0, 0.05) is 37.1 Å². The minimum absolute atomic E-state index is 0.0329. The number of aryl methyl sites for hydroxylation is 1. The molecule has 1 aromatic carbocycles. The Labute approximate surface area is 207 Å². The van der Waals surface area contributed by atoms with E-state index < -0.39 is 0 Å². The topological polar surface area (TPSA) is 70.7 Å². The van der Waals surface area contributed by atoms with Gasteiger partial charge in [0.1, 0.15) is 5.76 Å². The van der Waals surface area contributed by atoms with Gasteiger partial charge in [-0.15, -0.1) is 0 Å². The van der Waals surface area contributed by atoms with Gasteiger partial charge >= 0.3 is 0 Å². The quantitative estimate of drug-likeness (QED) is 0.448. The van der Waals surface area contributed by atoms with E-state index in [-0.39, 0.29) is 11.8 Å². The molecule has 1 N–H and O–H groups in total. The van der Waals surface area contributed by atoms with E-state index in [1.54, 1.807) is 6.07 Å². The molecule has 1 saturated heterocycles. The number of amides is 2. The maximum atomic E-state index is 13.1. The molecule has 2 aromatic heterocycles. The first-order valence-electron chi connectivity index (χ1n) is 12.6. The molecule has 3 aromatic rings. The highest BCUT2D eigenvalue weighted by molar-refractivity contribution is 5.94. The Hall–Kier alpha value is -3.32. The minimum Gasteiger partial charge on any atom is -0.454 e. The highest BCUT2D eigenvalue weighted by Crippen LogP contribution is 2.16. The van der Waals surface area contributed by atoms with E-state index in [1.807, 2.05) is 60.5 Å². The van der Waals surface area contributed by atoms with Crippen molar-refractivity contribution in [3.63, 3.8) is 0 Å². The standard InChI is InChI=1S/C28H36N4O3/c1-3-15-32(28(34)23-10-8-22(2)9-11-23)20-24-7-6-18-31(24)21-25-12-13-26(35-25)27(33)29-14-19-30-16-4-5-17-30/h6-13,18H,3-5,14-17,19-21H2,1-2H3,(H,29,33). The van der Waals surface area contributed by atoms with Crippen LogP contribution < -0.4 is 5.32 Å². The Balaban J connectivity index is 1.36. The van der Waals surface area contributed by atoms with Crippen LogP contribution >= 0.6 is 0 Å². The summed E-state index contributed by atoms with van der Waals surface area (Å²) >= 11 is 0. The van der Waals surface area contributed by atoms with Gasteiger partial charge in [-0.1, -0.05) is 24.6 Å². The molecule has 0 radical (unpaired) electrons. The van der Waals surface area contributed by atoms with Crippen LogP contribution in [0.4, 0.5) is 0 Å². The number of nitrogens with one attached hydrogen (secondary N) is 1. The number of carbonyl (C=O) groups is 2. The van der Waals surface area contributed by atoms with Gasteiger partial charge in [-0.05, 0) is 75.7 Å². The third kappa shape index (κ3) is 6.63. The Morgan fingerprint density at radius 3 is 2.57 bits per heavy atom. The van der Waals surface area contributed by atoms with E-state index in [1.165, 1.54) is 12.8 Å². The predicted molar refractivity (Wildman–Crippen MR) is 136 cm³/mol. The number of hydrogen-bond acceptors (Lipinski definition) is 4. The average molecular weight is 477 g/mol. The van der Waals surface area contributed by atoms with Crippen molar-refractivity contribution in [2.45, 2.75) is 46.2 Å². The molecule has 0 unspecified atom stereocenters. The number of rotatable bonds is 11. The average Bonchev–Trinajstić information content (AvgIpc) is 3.62. The SMILES string of the molecule is CCCN(Cc1cccn1Cc1ccc(C(=O)NCCN2CCCC2)o1)C(=O)c1ccc(C)cc1. The van der Waals surface area contributed by atoms with Crippen LogP contribution in [0.1, 0.15) is 64.1 Å². The first-order valence-corrected chi connectivity index (χ1v) is 12.6. The second-order valence-corrected chi connectivity index (χ2v) is 9.29. The molecule has 2 amide bonds. The van der Waals surface area contributed by atoms with Gasteiger partial charge in [-0.2, -0.15) is 0 Å². The molecule has 7 heteroatoms. The Bertz CT molecular complexity index is 1110. The summed E-state index contributed by atoms with van der Waals surface area (Å²) in [6.07, 6.45) is 5.35. The van der Waals surface area contributed by atoms with Crippen LogP contribution in [0.15, 0.2) is 59.1 Å². The van der Waals surface area contributed by atoms with E-state index in [4.69, 9.17) is 4.42 Å². The summed E-state index contributed by atoms with van der Waals surface area (Å²) in [6, 6.07) is 15.3. The molecule has 0 saturated carbocycles.